The van der Waals surface area contributed by atoms with Gasteiger partial charge in [-0.15, -0.1) is 0 Å². The molecular formula is C6H2BrN3O2. The molecule has 0 aliphatic rings. The van der Waals surface area contributed by atoms with Gasteiger partial charge in [0.2, 0.25) is 0 Å². The van der Waals surface area contributed by atoms with E-state index < -0.39 is 4.92 Å². The zero-order valence-corrected chi connectivity index (χ0v) is 7.28. The normalized spacial score (nSPS) is 9.00. The van der Waals surface area contributed by atoms with Crippen molar-refractivity contribution in [3.05, 3.63) is 32.5 Å². The Labute approximate surface area is 75.9 Å². The highest BCUT2D eigenvalue weighted by Gasteiger charge is 2.12. The summed E-state index contributed by atoms with van der Waals surface area (Å²) in [5, 5.41) is 18.7. The summed E-state index contributed by atoms with van der Waals surface area (Å²) in [5.74, 6) is 0. The molecule has 60 valence electrons. The van der Waals surface area contributed by atoms with Gasteiger partial charge in [-0.2, -0.15) is 5.26 Å². The van der Waals surface area contributed by atoms with Gasteiger partial charge in [0, 0.05) is 0 Å². The average molecular weight is 228 g/mol. The van der Waals surface area contributed by atoms with Crippen molar-refractivity contribution in [2.45, 2.75) is 0 Å². The third-order valence-electron chi connectivity index (χ3n) is 1.15. The van der Waals surface area contributed by atoms with Gasteiger partial charge in [-0.25, -0.2) is 4.98 Å². The Balaban J connectivity index is 3.23. The van der Waals surface area contributed by atoms with Crippen LogP contribution in [0.4, 0.5) is 5.69 Å². The number of nitro groups is 1. The standard InChI is InChI=1S/C6H2BrN3O2/c7-5-1-4(2-8)9-3-6(5)10(11)12/h1,3H. The summed E-state index contributed by atoms with van der Waals surface area (Å²) in [6.07, 6.45) is 1.04. The molecular weight excluding hydrogens is 226 g/mol. The van der Waals surface area contributed by atoms with Gasteiger partial charge in [0.05, 0.1) is 9.40 Å². The predicted octanol–water partition coefficient (Wildman–Crippen LogP) is 1.62. The molecule has 0 unspecified atom stereocenters. The smallest absolute Gasteiger partial charge is 0.258 e. The lowest BCUT2D eigenvalue weighted by molar-refractivity contribution is -0.386. The second kappa shape index (κ2) is 3.28. The predicted molar refractivity (Wildman–Crippen MR) is 43.3 cm³/mol. The minimum atomic E-state index is -0.571. The van der Waals surface area contributed by atoms with E-state index in [0.717, 1.165) is 6.20 Å². The second-order valence-corrected chi connectivity index (χ2v) is 2.74. The summed E-state index contributed by atoms with van der Waals surface area (Å²) >= 11 is 2.96. The molecule has 1 aromatic heterocycles. The fourth-order valence-corrected chi connectivity index (χ4v) is 1.08. The van der Waals surface area contributed by atoms with Crippen LogP contribution < -0.4 is 0 Å². The van der Waals surface area contributed by atoms with Crippen LogP contribution in [0, 0.1) is 21.4 Å². The van der Waals surface area contributed by atoms with E-state index >= 15 is 0 Å². The Kier molecular flexibility index (Phi) is 2.35. The lowest BCUT2D eigenvalue weighted by Gasteiger charge is -1.93. The van der Waals surface area contributed by atoms with Crippen molar-refractivity contribution in [1.29, 1.82) is 5.26 Å². The molecule has 6 heteroatoms. The van der Waals surface area contributed by atoms with Gasteiger partial charge in [-0.3, -0.25) is 10.1 Å². The highest BCUT2D eigenvalue weighted by Crippen LogP contribution is 2.23. The SMILES string of the molecule is N#Cc1cc(Br)c([N+](=O)[O-])cn1. The molecule has 0 aromatic carbocycles. The van der Waals surface area contributed by atoms with E-state index in [-0.39, 0.29) is 15.9 Å². The van der Waals surface area contributed by atoms with E-state index in [2.05, 4.69) is 20.9 Å². The van der Waals surface area contributed by atoms with E-state index in [1.54, 1.807) is 6.07 Å². The van der Waals surface area contributed by atoms with E-state index in [0.29, 0.717) is 0 Å². The first-order chi connectivity index (χ1) is 5.65. The summed E-state index contributed by atoms with van der Waals surface area (Å²) in [6.45, 7) is 0. The summed E-state index contributed by atoms with van der Waals surface area (Å²) in [5.41, 5.74) is 0.00137. The van der Waals surface area contributed by atoms with Crippen LogP contribution in [0.15, 0.2) is 16.7 Å². The maximum atomic E-state index is 10.3. The van der Waals surface area contributed by atoms with Crippen molar-refractivity contribution in [3.8, 4) is 6.07 Å². The van der Waals surface area contributed by atoms with Gasteiger partial charge in [-0.05, 0) is 22.0 Å². The molecule has 0 fully saturated rings. The summed E-state index contributed by atoms with van der Waals surface area (Å²) in [6, 6.07) is 3.07. The number of pyridine rings is 1. The van der Waals surface area contributed by atoms with E-state index in [4.69, 9.17) is 5.26 Å². The van der Waals surface area contributed by atoms with E-state index in [1.165, 1.54) is 6.07 Å². The minimum Gasteiger partial charge on any atom is -0.258 e. The highest BCUT2D eigenvalue weighted by molar-refractivity contribution is 9.10. The Morgan fingerprint density at radius 3 is 2.83 bits per heavy atom. The first kappa shape index (κ1) is 8.62. The zero-order valence-electron chi connectivity index (χ0n) is 5.69. The van der Waals surface area contributed by atoms with Crippen molar-refractivity contribution in [2.75, 3.05) is 0 Å². The zero-order chi connectivity index (χ0) is 9.14. The monoisotopic (exact) mass is 227 g/mol. The number of hydrogen-bond acceptors (Lipinski definition) is 4. The summed E-state index contributed by atoms with van der Waals surface area (Å²) < 4.78 is 0.263. The molecule has 0 aliphatic heterocycles. The van der Waals surface area contributed by atoms with Crippen molar-refractivity contribution >= 4 is 21.6 Å². The number of hydrogen-bond donors (Lipinski definition) is 0. The molecule has 0 atom stereocenters. The number of aromatic nitrogens is 1. The van der Waals surface area contributed by atoms with Crippen LogP contribution in [0.5, 0.6) is 0 Å². The van der Waals surface area contributed by atoms with Gasteiger partial charge in [0.25, 0.3) is 0 Å². The first-order valence-corrected chi connectivity index (χ1v) is 3.64. The van der Waals surface area contributed by atoms with Crippen molar-refractivity contribution in [2.24, 2.45) is 0 Å². The maximum Gasteiger partial charge on any atom is 0.301 e. The number of nitrogens with zero attached hydrogens (tertiary/aromatic N) is 3. The first-order valence-electron chi connectivity index (χ1n) is 2.85. The van der Waals surface area contributed by atoms with E-state index in [9.17, 15) is 10.1 Å². The number of halogens is 1. The molecule has 12 heavy (non-hydrogen) atoms. The lowest BCUT2D eigenvalue weighted by atomic mass is 10.3. The Bertz CT molecular complexity index is 372. The van der Waals surface area contributed by atoms with Gasteiger partial charge in [0.15, 0.2) is 0 Å². The van der Waals surface area contributed by atoms with Crippen LogP contribution in [-0.2, 0) is 0 Å². The average Bonchev–Trinajstić information content (AvgIpc) is 2.03. The molecule has 5 nitrogen and oxygen atoms in total. The van der Waals surface area contributed by atoms with Gasteiger partial charge >= 0.3 is 5.69 Å². The van der Waals surface area contributed by atoms with Gasteiger partial charge < -0.3 is 0 Å². The van der Waals surface area contributed by atoms with Crippen molar-refractivity contribution in [3.63, 3.8) is 0 Å². The van der Waals surface area contributed by atoms with Crippen molar-refractivity contribution in [1.82, 2.24) is 4.98 Å². The molecule has 0 radical (unpaired) electrons. The fraction of sp³-hybridized carbons (Fsp3) is 0. The molecule has 0 N–H and O–H groups in total. The van der Waals surface area contributed by atoms with Gasteiger partial charge in [0.1, 0.15) is 18.0 Å². The summed E-state index contributed by atoms with van der Waals surface area (Å²) in [7, 11) is 0. The number of nitriles is 1. The van der Waals surface area contributed by atoms with Gasteiger partial charge in [-0.1, -0.05) is 0 Å². The Morgan fingerprint density at radius 2 is 2.42 bits per heavy atom. The summed E-state index contributed by atoms with van der Waals surface area (Å²) in [4.78, 5) is 13.2. The van der Waals surface area contributed by atoms with Crippen LogP contribution in [0.2, 0.25) is 0 Å². The lowest BCUT2D eigenvalue weighted by Crippen LogP contribution is -1.91. The number of rotatable bonds is 1. The molecule has 0 spiro atoms. The van der Waals surface area contributed by atoms with Crippen LogP contribution >= 0.6 is 15.9 Å². The Hall–Kier alpha value is -1.48. The Morgan fingerprint density at radius 1 is 1.75 bits per heavy atom. The van der Waals surface area contributed by atoms with E-state index in [1.807, 2.05) is 0 Å². The largest absolute Gasteiger partial charge is 0.301 e. The second-order valence-electron chi connectivity index (χ2n) is 1.89. The third kappa shape index (κ3) is 1.57. The minimum absolute atomic E-state index is 0.144. The molecule has 0 bridgehead atoms. The van der Waals surface area contributed by atoms with Crippen LogP contribution in [0.1, 0.15) is 5.69 Å². The molecule has 0 amide bonds. The molecule has 0 aliphatic carbocycles. The molecule has 1 aromatic rings. The third-order valence-corrected chi connectivity index (χ3v) is 1.78. The van der Waals surface area contributed by atoms with Crippen LogP contribution in [-0.4, -0.2) is 9.91 Å². The maximum absolute atomic E-state index is 10.3. The fourth-order valence-electron chi connectivity index (χ4n) is 0.619. The molecule has 0 saturated carbocycles. The molecule has 0 saturated heterocycles. The van der Waals surface area contributed by atoms with Crippen molar-refractivity contribution < 1.29 is 4.92 Å². The quantitative estimate of drug-likeness (QED) is 0.540. The topological polar surface area (TPSA) is 79.8 Å². The highest BCUT2D eigenvalue weighted by atomic mass is 79.9. The van der Waals surface area contributed by atoms with Crippen LogP contribution in [0.3, 0.4) is 0 Å². The molecule has 1 rings (SSSR count). The van der Waals surface area contributed by atoms with Crippen LogP contribution in [0.25, 0.3) is 0 Å². The molecule has 1 heterocycles.